The van der Waals surface area contributed by atoms with Gasteiger partial charge in [0, 0.05) is 10.9 Å². The van der Waals surface area contributed by atoms with E-state index in [0.29, 0.717) is 5.82 Å². The van der Waals surface area contributed by atoms with Gasteiger partial charge in [-0.05, 0) is 26.3 Å². The van der Waals surface area contributed by atoms with Crippen molar-refractivity contribution in [3.05, 3.63) is 17.3 Å². The number of hydrogen-bond donors (Lipinski definition) is 2. The molecule has 1 aromatic rings. The summed E-state index contributed by atoms with van der Waals surface area (Å²) in [5.41, 5.74) is 8.65. The van der Waals surface area contributed by atoms with E-state index in [1.54, 1.807) is 0 Å². The first-order valence-corrected chi connectivity index (χ1v) is 4.59. The minimum Gasteiger partial charge on any atom is -0.384 e. The van der Waals surface area contributed by atoms with Gasteiger partial charge < -0.3 is 5.73 Å². The van der Waals surface area contributed by atoms with Crippen LogP contribution in [0, 0.1) is 6.92 Å². The molecule has 3 nitrogen and oxygen atoms in total. The monoisotopic (exact) mass is 199 g/mol. The quantitative estimate of drug-likeness (QED) is 0.719. The number of hydrogen-bond acceptors (Lipinski definition) is 2. The summed E-state index contributed by atoms with van der Waals surface area (Å²) in [7, 11) is 0. The summed E-state index contributed by atoms with van der Waals surface area (Å²) in [4.78, 5) is 0. The van der Waals surface area contributed by atoms with Gasteiger partial charge in [-0.3, -0.25) is 5.10 Å². The first kappa shape index (κ1) is 10.1. The molecule has 0 saturated carbocycles. The smallest absolute Gasteiger partial charge is 0.126 e. The van der Waals surface area contributed by atoms with Gasteiger partial charge in [0.25, 0.3) is 0 Å². The molecule has 0 fully saturated rings. The van der Waals surface area contributed by atoms with Crippen LogP contribution in [0.2, 0.25) is 0 Å². The minimum absolute atomic E-state index is 0.00806. The number of H-pyrrole nitrogens is 1. The Balaban J connectivity index is 3.07. The van der Waals surface area contributed by atoms with E-state index >= 15 is 0 Å². The number of nitrogens with two attached hydrogens (primary N) is 1. The van der Waals surface area contributed by atoms with Gasteiger partial charge in [0.15, 0.2) is 0 Å². The standard InChI is InChI=1S/C9H14ClN3/c1-5(4-6(2)10)8-7(3)12-13-9(8)11/h4,6H,1-3H3,(H3,11,12,13)/b5-4-. The summed E-state index contributed by atoms with van der Waals surface area (Å²) in [5, 5.41) is 6.75. The average molecular weight is 200 g/mol. The van der Waals surface area contributed by atoms with E-state index in [9.17, 15) is 0 Å². The SMILES string of the molecule is C/C(=C/C(C)Cl)c1c(C)n[nH]c1N. The van der Waals surface area contributed by atoms with Gasteiger partial charge in [-0.15, -0.1) is 11.6 Å². The van der Waals surface area contributed by atoms with Crippen molar-refractivity contribution in [3.8, 4) is 0 Å². The molecule has 13 heavy (non-hydrogen) atoms. The molecule has 0 aliphatic carbocycles. The van der Waals surface area contributed by atoms with Crippen LogP contribution >= 0.6 is 11.6 Å². The topological polar surface area (TPSA) is 54.7 Å². The second-order valence-electron chi connectivity index (χ2n) is 3.12. The zero-order valence-corrected chi connectivity index (χ0v) is 8.81. The highest BCUT2D eigenvalue weighted by atomic mass is 35.5. The molecule has 0 aliphatic heterocycles. The Hall–Kier alpha value is -0.960. The number of nitrogens with zero attached hydrogens (tertiary/aromatic N) is 1. The molecule has 1 aromatic heterocycles. The molecule has 0 aliphatic rings. The first-order chi connectivity index (χ1) is 6.02. The van der Waals surface area contributed by atoms with E-state index in [4.69, 9.17) is 17.3 Å². The zero-order chi connectivity index (χ0) is 10.0. The van der Waals surface area contributed by atoms with Crippen LogP contribution in [0.15, 0.2) is 6.08 Å². The van der Waals surface area contributed by atoms with E-state index in [1.807, 2.05) is 26.8 Å². The van der Waals surface area contributed by atoms with E-state index in [2.05, 4.69) is 10.2 Å². The predicted octanol–water partition coefficient (Wildman–Crippen LogP) is 2.33. The summed E-state index contributed by atoms with van der Waals surface area (Å²) in [5.74, 6) is 0.601. The summed E-state index contributed by atoms with van der Waals surface area (Å²) >= 11 is 5.85. The van der Waals surface area contributed by atoms with Crippen LogP contribution in [0.1, 0.15) is 25.1 Å². The third-order valence-corrected chi connectivity index (χ3v) is 1.98. The first-order valence-electron chi connectivity index (χ1n) is 4.15. The third-order valence-electron chi connectivity index (χ3n) is 1.85. The molecule has 72 valence electrons. The van der Waals surface area contributed by atoms with Crippen molar-refractivity contribution < 1.29 is 0 Å². The maximum atomic E-state index is 5.85. The van der Waals surface area contributed by atoms with Gasteiger partial charge in [0.05, 0.1) is 5.69 Å². The maximum absolute atomic E-state index is 5.85. The van der Waals surface area contributed by atoms with Crippen LogP contribution < -0.4 is 5.73 Å². The van der Waals surface area contributed by atoms with E-state index in [1.165, 1.54) is 0 Å². The summed E-state index contributed by atoms with van der Waals surface area (Å²) in [6.07, 6.45) is 1.95. The third kappa shape index (κ3) is 2.25. The molecule has 0 saturated heterocycles. The molecule has 1 atom stereocenters. The number of aryl methyl sites for hydroxylation is 1. The molecule has 1 heterocycles. The maximum Gasteiger partial charge on any atom is 0.126 e. The number of halogens is 1. The van der Waals surface area contributed by atoms with Gasteiger partial charge in [-0.2, -0.15) is 5.10 Å². The highest BCUT2D eigenvalue weighted by Gasteiger charge is 2.08. The Morgan fingerprint density at radius 3 is 2.69 bits per heavy atom. The lowest BCUT2D eigenvalue weighted by atomic mass is 10.1. The van der Waals surface area contributed by atoms with Gasteiger partial charge >= 0.3 is 0 Å². The van der Waals surface area contributed by atoms with Gasteiger partial charge in [-0.25, -0.2) is 0 Å². The molecule has 0 spiro atoms. The van der Waals surface area contributed by atoms with E-state index in [-0.39, 0.29) is 5.38 Å². The average Bonchev–Trinajstić information content (AvgIpc) is 2.29. The van der Waals surface area contributed by atoms with Crippen molar-refractivity contribution in [1.29, 1.82) is 0 Å². The minimum atomic E-state index is 0.00806. The number of rotatable bonds is 2. The molecule has 4 heteroatoms. The molecule has 3 N–H and O–H groups in total. The molecule has 0 radical (unpaired) electrons. The molecule has 0 amide bonds. The number of anilines is 1. The second kappa shape index (κ2) is 3.83. The van der Waals surface area contributed by atoms with Gasteiger partial charge in [-0.1, -0.05) is 6.08 Å². The number of nitrogens with one attached hydrogen (secondary N) is 1. The normalized spacial score (nSPS) is 14.6. The van der Waals surface area contributed by atoms with Crippen molar-refractivity contribution in [1.82, 2.24) is 10.2 Å². The number of aromatic nitrogens is 2. The number of allylic oxidation sites excluding steroid dienone is 2. The fraction of sp³-hybridized carbons (Fsp3) is 0.444. The van der Waals surface area contributed by atoms with Crippen LogP contribution in [0.4, 0.5) is 5.82 Å². The molecule has 1 rings (SSSR count). The van der Waals surface area contributed by atoms with Crippen LogP contribution in [0.5, 0.6) is 0 Å². The highest BCUT2D eigenvalue weighted by molar-refractivity contribution is 6.21. The lowest BCUT2D eigenvalue weighted by Gasteiger charge is -2.02. The van der Waals surface area contributed by atoms with Crippen molar-refractivity contribution in [2.45, 2.75) is 26.1 Å². The van der Waals surface area contributed by atoms with Crippen LogP contribution in [-0.2, 0) is 0 Å². The van der Waals surface area contributed by atoms with Crippen molar-refractivity contribution >= 4 is 23.0 Å². The lowest BCUT2D eigenvalue weighted by Crippen LogP contribution is -1.93. The largest absolute Gasteiger partial charge is 0.384 e. The van der Waals surface area contributed by atoms with Crippen LogP contribution in [0.3, 0.4) is 0 Å². The number of nitrogen functional groups attached to an aromatic ring is 1. The van der Waals surface area contributed by atoms with Crippen molar-refractivity contribution in [3.63, 3.8) is 0 Å². The predicted molar refractivity (Wildman–Crippen MR) is 56.7 cm³/mol. The Morgan fingerprint density at radius 2 is 2.31 bits per heavy atom. The molecular weight excluding hydrogens is 186 g/mol. The lowest BCUT2D eigenvalue weighted by molar-refractivity contribution is 1.05. The summed E-state index contributed by atoms with van der Waals surface area (Å²) < 4.78 is 0. The zero-order valence-electron chi connectivity index (χ0n) is 8.06. The molecule has 0 aromatic carbocycles. The molecule has 0 bridgehead atoms. The van der Waals surface area contributed by atoms with E-state index < -0.39 is 0 Å². The Bertz CT molecular complexity index is 306. The van der Waals surface area contributed by atoms with E-state index in [0.717, 1.165) is 16.8 Å². The molecule has 1 unspecified atom stereocenters. The van der Waals surface area contributed by atoms with Crippen molar-refractivity contribution in [2.75, 3.05) is 5.73 Å². The van der Waals surface area contributed by atoms with Crippen LogP contribution in [-0.4, -0.2) is 15.6 Å². The van der Waals surface area contributed by atoms with Crippen molar-refractivity contribution in [2.24, 2.45) is 0 Å². The molecular formula is C9H14ClN3. The Kier molecular flexibility index (Phi) is 2.98. The fourth-order valence-electron chi connectivity index (χ4n) is 1.38. The summed E-state index contributed by atoms with van der Waals surface area (Å²) in [6, 6.07) is 0. The Morgan fingerprint density at radius 1 is 1.69 bits per heavy atom. The highest BCUT2D eigenvalue weighted by Crippen LogP contribution is 2.23. The second-order valence-corrected chi connectivity index (χ2v) is 3.81. The van der Waals surface area contributed by atoms with Gasteiger partial charge in [0.2, 0.25) is 0 Å². The fourth-order valence-corrected chi connectivity index (χ4v) is 1.57. The number of aromatic amines is 1. The summed E-state index contributed by atoms with van der Waals surface area (Å²) in [6.45, 7) is 5.81. The van der Waals surface area contributed by atoms with Gasteiger partial charge in [0.1, 0.15) is 5.82 Å². The number of alkyl halides is 1. The Labute approximate surface area is 83.0 Å². The van der Waals surface area contributed by atoms with Crippen LogP contribution in [0.25, 0.3) is 5.57 Å².